The maximum Gasteiger partial charge on any atom is 0.340 e. The number of hydrogen-bond donors (Lipinski definition) is 0. The Balaban J connectivity index is 3.01. The zero-order valence-electron chi connectivity index (χ0n) is 9.68. The Morgan fingerprint density at radius 1 is 1.50 bits per heavy atom. The average Bonchev–Trinajstić information content (AvgIpc) is 2.55. The zero-order chi connectivity index (χ0) is 12.3. The fourth-order valence-corrected chi connectivity index (χ4v) is 2.63. The van der Waals surface area contributed by atoms with Crippen molar-refractivity contribution in [3.05, 3.63) is 20.8 Å². The van der Waals surface area contributed by atoms with Crippen LogP contribution < -0.4 is 0 Å². The van der Waals surface area contributed by atoms with E-state index in [0.717, 1.165) is 4.88 Å². The van der Waals surface area contributed by atoms with Crippen LogP contribution in [0, 0.1) is 11.5 Å². The first-order valence-corrected chi connectivity index (χ1v) is 9.44. The maximum absolute atomic E-state index is 11.3. The van der Waals surface area contributed by atoms with E-state index in [0.29, 0.717) is 9.90 Å². The van der Waals surface area contributed by atoms with Crippen molar-refractivity contribution in [2.75, 3.05) is 7.11 Å². The third-order valence-corrected chi connectivity index (χ3v) is 3.80. The van der Waals surface area contributed by atoms with Crippen LogP contribution in [0.3, 0.4) is 0 Å². The summed E-state index contributed by atoms with van der Waals surface area (Å²) in [5.74, 6) is 2.65. The second-order valence-electron chi connectivity index (χ2n) is 4.29. The third kappa shape index (κ3) is 3.67. The summed E-state index contributed by atoms with van der Waals surface area (Å²) in [5.41, 5.74) is 3.62. The van der Waals surface area contributed by atoms with Crippen molar-refractivity contribution >= 4 is 37.0 Å². The second kappa shape index (κ2) is 5.04. The van der Waals surface area contributed by atoms with Gasteiger partial charge in [-0.05, 0) is 6.07 Å². The zero-order valence-corrected chi connectivity index (χ0v) is 12.3. The van der Waals surface area contributed by atoms with E-state index in [9.17, 15) is 4.79 Å². The van der Waals surface area contributed by atoms with E-state index >= 15 is 0 Å². The first kappa shape index (κ1) is 13.3. The van der Waals surface area contributed by atoms with Gasteiger partial charge in [-0.1, -0.05) is 37.2 Å². The molecular weight excluding hydrogens is 260 g/mol. The standard InChI is InChI=1S/C11H13ClO2SSi/c1-14-11(13)9-7-8(15-10(9)12)5-6-16(2,3)4/h7H,1-4H3. The van der Waals surface area contributed by atoms with Crippen molar-refractivity contribution in [1.29, 1.82) is 0 Å². The molecule has 86 valence electrons. The van der Waals surface area contributed by atoms with E-state index in [1.165, 1.54) is 18.4 Å². The summed E-state index contributed by atoms with van der Waals surface area (Å²) >= 11 is 7.24. The number of rotatable bonds is 1. The quantitative estimate of drug-likeness (QED) is 0.445. The molecule has 0 unspecified atom stereocenters. The molecule has 0 saturated heterocycles. The number of esters is 1. The van der Waals surface area contributed by atoms with Gasteiger partial charge in [0.05, 0.1) is 17.6 Å². The van der Waals surface area contributed by atoms with Crippen molar-refractivity contribution in [3.8, 4) is 11.5 Å². The van der Waals surface area contributed by atoms with E-state index in [1.54, 1.807) is 6.07 Å². The fourth-order valence-electron chi connectivity index (χ4n) is 0.929. The highest BCUT2D eigenvalue weighted by atomic mass is 35.5. The van der Waals surface area contributed by atoms with E-state index in [4.69, 9.17) is 11.6 Å². The molecule has 0 amide bonds. The Labute approximate surface area is 106 Å². The number of methoxy groups -OCH3 is 1. The molecule has 0 fully saturated rings. The van der Waals surface area contributed by atoms with Crippen LogP contribution in [0.15, 0.2) is 6.07 Å². The minimum Gasteiger partial charge on any atom is -0.465 e. The van der Waals surface area contributed by atoms with E-state index in [1.807, 2.05) is 0 Å². The van der Waals surface area contributed by atoms with Crippen LogP contribution in [0.4, 0.5) is 0 Å². The molecule has 0 saturated carbocycles. The summed E-state index contributed by atoms with van der Waals surface area (Å²) in [6.45, 7) is 6.49. The third-order valence-electron chi connectivity index (χ3n) is 1.65. The number of carbonyl (C=O) groups excluding carboxylic acids is 1. The molecule has 5 heteroatoms. The van der Waals surface area contributed by atoms with Gasteiger partial charge in [0, 0.05) is 0 Å². The molecule has 1 heterocycles. The number of ether oxygens (including phenoxy) is 1. The molecule has 0 aliphatic carbocycles. The Bertz CT molecular complexity index is 463. The molecule has 0 atom stereocenters. The first-order valence-electron chi connectivity index (χ1n) is 4.74. The van der Waals surface area contributed by atoms with Crippen molar-refractivity contribution in [2.45, 2.75) is 19.6 Å². The van der Waals surface area contributed by atoms with Gasteiger partial charge in [0.15, 0.2) is 0 Å². The van der Waals surface area contributed by atoms with Gasteiger partial charge in [-0.25, -0.2) is 4.79 Å². The highest BCUT2D eigenvalue weighted by Gasteiger charge is 2.14. The van der Waals surface area contributed by atoms with Gasteiger partial charge in [-0.3, -0.25) is 0 Å². The van der Waals surface area contributed by atoms with Crippen molar-refractivity contribution in [1.82, 2.24) is 0 Å². The number of carbonyl (C=O) groups is 1. The highest BCUT2D eigenvalue weighted by Crippen LogP contribution is 2.27. The summed E-state index contributed by atoms with van der Waals surface area (Å²) in [6, 6.07) is 1.69. The number of halogens is 1. The van der Waals surface area contributed by atoms with E-state index in [2.05, 4.69) is 35.8 Å². The SMILES string of the molecule is COC(=O)c1cc(C#C[Si](C)(C)C)sc1Cl. The molecular formula is C11H13ClO2SSi. The smallest absolute Gasteiger partial charge is 0.340 e. The Morgan fingerprint density at radius 3 is 2.62 bits per heavy atom. The lowest BCUT2D eigenvalue weighted by molar-refractivity contribution is 0.0601. The summed E-state index contributed by atoms with van der Waals surface area (Å²) < 4.78 is 5.06. The Hall–Kier alpha value is -0.763. The average molecular weight is 273 g/mol. The molecule has 1 rings (SSSR count). The van der Waals surface area contributed by atoms with Crippen molar-refractivity contribution < 1.29 is 9.53 Å². The van der Waals surface area contributed by atoms with Crippen LogP contribution in [0.5, 0.6) is 0 Å². The monoisotopic (exact) mass is 272 g/mol. The Kier molecular flexibility index (Phi) is 4.19. The van der Waals surface area contributed by atoms with Crippen LogP contribution in [0.25, 0.3) is 0 Å². The number of thiophene rings is 1. The minimum absolute atomic E-state index is 0.397. The van der Waals surface area contributed by atoms with Crippen LogP contribution in [-0.4, -0.2) is 21.2 Å². The molecule has 0 spiro atoms. The summed E-state index contributed by atoms with van der Waals surface area (Å²) in [4.78, 5) is 12.1. The molecule has 16 heavy (non-hydrogen) atoms. The van der Waals surface area contributed by atoms with Gasteiger partial charge < -0.3 is 4.74 Å². The predicted molar refractivity (Wildman–Crippen MR) is 70.9 cm³/mol. The summed E-state index contributed by atoms with van der Waals surface area (Å²) in [7, 11) is -0.0603. The second-order valence-corrected chi connectivity index (χ2v) is 10.7. The summed E-state index contributed by atoms with van der Waals surface area (Å²) in [5, 5.41) is 0. The van der Waals surface area contributed by atoms with Crippen molar-refractivity contribution in [3.63, 3.8) is 0 Å². The Morgan fingerprint density at radius 2 is 2.12 bits per heavy atom. The molecule has 0 bridgehead atoms. The van der Waals surface area contributed by atoms with E-state index < -0.39 is 14.0 Å². The molecule has 0 aliphatic heterocycles. The highest BCUT2D eigenvalue weighted by molar-refractivity contribution is 7.17. The molecule has 1 aromatic heterocycles. The number of hydrogen-bond acceptors (Lipinski definition) is 3. The van der Waals surface area contributed by atoms with Gasteiger partial charge in [-0.2, -0.15) is 0 Å². The molecule has 2 nitrogen and oxygen atoms in total. The fraction of sp³-hybridized carbons (Fsp3) is 0.364. The predicted octanol–water partition coefficient (Wildman–Crippen LogP) is 3.42. The minimum atomic E-state index is -1.40. The lowest BCUT2D eigenvalue weighted by atomic mass is 10.3. The lowest BCUT2D eigenvalue weighted by Crippen LogP contribution is -2.16. The van der Waals surface area contributed by atoms with Gasteiger partial charge in [-0.15, -0.1) is 16.9 Å². The van der Waals surface area contributed by atoms with Crippen LogP contribution >= 0.6 is 22.9 Å². The van der Waals surface area contributed by atoms with Crippen molar-refractivity contribution in [2.24, 2.45) is 0 Å². The molecule has 0 radical (unpaired) electrons. The van der Waals surface area contributed by atoms with Crippen LogP contribution in [0.2, 0.25) is 24.0 Å². The summed E-state index contributed by atoms with van der Waals surface area (Å²) in [6.07, 6.45) is 0. The van der Waals surface area contributed by atoms with E-state index in [-0.39, 0.29) is 0 Å². The van der Waals surface area contributed by atoms with Gasteiger partial charge in [0.2, 0.25) is 0 Å². The lowest BCUT2D eigenvalue weighted by Gasteiger charge is -2.02. The maximum atomic E-state index is 11.3. The van der Waals surface area contributed by atoms with Crippen LogP contribution in [-0.2, 0) is 4.74 Å². The molecule has 1 aromatic rings. The first-order chi connectivity index (χ1) is 7.33. The molecule has 0 aromatic carbocycles. The van der Waals surface area contributed by atoms with Gasteiger partial charge >= 0.3 is 5.97 Å². The largest absolute Gasteiger partial charge is 0.465 e. The molecule has 0 aliphatic rings. The van der Waals surface area contributed by atoms with Crippen LogP contribution in [0.1, 0.15) is 15.2 Å². The molecule has 0 N–H and O–H groups in total. The van der Waals surface area contributed by atoms with Gasteiger partial charge in [0.25, 0.3) is 0 Å². The topological polar surface area (TPSA) is 26.3 Å². The van der Waals surface area contributed by atoms with Gasteiger partial charge in [0.1, 0.15) is 12.4 Å². The normalized spacial score (nSPS) is 10.6.